The summed E-state index contributed by atoms with van der Waals surface area (Å²) in [5, 5.41) is -0.291. The van der Waals surface area contributed by atoms with Crippen molar-refractivity contribution in [1.29, 1.82) is 0 Å². The van der Waals surface area contributed by atoms with Crippen molar-refractivity contribution in [3.8, 4) is 0 Å². The van der Waals surface area contributed by atoms with Crippen molar-refractivity contribution < 1.29 is 17.2 Å². The molecule has 0 aliphatic carbocycles. The monoisotopic (exact) mass is 349 g/mol. The molecule has 1 aromatic rings. The third-order valence-electron chi connectivity index (χ3n) is 4.48. The van der Waals surface area contributed by atoms with Crippen molar-refractivity contribution >= 4 is 9.84 Å². The molecule has 1 aromatic heterocycles. The first-order valence-corrected chi connectivity index (χ1v) is 9.54. The van der Waals surface area contributed by atoms with Gasteiger partial charge in [-0.05, 0) is 51.9 Å². The van der Waals surface area contributed by atoms with E-state index in [4.69, 9.17) is 0 Å². The summed E-state index contributed by atoms with van der Waals surface area (Å²) in [7, 11) is -3.36. The summed E-state index contributed by atoms with van der Waals surface area (Å²) in [6.07, 6.45) is 2.50. The number of hydrogen-bond acceptors (Lipinski definition) is 4. The van der Waals surface area contributed by atoms with Crippen molar-refractivity contribution in [1.82, 2.24) is 14.7 Å². The maximum absolute atomic E-state index is 14.7. The highest BCUT2D eigenvalue weighted by molar-refractivity contribution is 7.92. The molecule has 2 heterocycles. The Morgan fingerprint density at radius 1 is 1.35 bits per heavy atom. The molecule has 23 heavy (non-hydrogen) atoms. The summed E-state index contributed by atoms with van der Waals surface area (Å²) in [6, 6.07) is 1.21. The molecule has 5 nitrogen and oxygen atoms in total. The number of sulfone groups is 1. The fraction of sp³-hybridized carbons (Fsp3) is 0.800. The minimum Gasteiger partial charge on any atom is -0.303 e. The van der Waals surface area contributed by atoms with E-state index in [0.717, 1.165) is 24.1 Å². The molecule has 0 bridgehead atoms. The van der Waals surface area contributed by atoms with E-state index in [1.807, 2.05) is 0 Å². The summed E-state index contributed by atoms with van der Waals surface area (Å²) >= 11 is 0. The molecule has 8 heteroatoms. The van der Waals surface area contributed by atoms with Gasteiger partial charge in [0.2, 0.25) is 0 Å². The number of piperidine rings is 1. The predicted octanol–water partition coefficient (Wildman–Crippen LogP) is 2.61. The van der Waals surface area contributed by atoms with Gasteiger partial charge in [-0.15, -0.1) is 0 Å². The fourth-order valence-electron chi connectivity index (χ4n) is 3.07. The molecule has 1 fully saturated rings. The number of rotatable bonds is 6. The van der Waals surface area contributed by atoms with Gasteiger partial charge in [0.25, 0.3) is 9.84 Å². The van der Waals surface area contributed by atoms with Gasteiger partial charge in [-0.1, -0.05) is 13.3 Å². The molecule has 0 amide bonds. The molecule has 0 atom stereocenters. The van der Waals surface area contributed by atoms with E-state index >= 15 is 0 Å². The number of aryl methyl sites for hydroxylation is 2. The van der Waals surface area contributed by atoms with Crippen LogP contribution < -0.4 is 0 Å². The molecule has 0 N–H and O–H groups in total. The molecule has 0 aromatic carbocycles. The number of likely N-dealkylation sites (tertiary alicyclic amines) is 1. The zero-order chi connectivity index (χ0) is 17.3. The van der Waals surface area contributed by atoms with Gasteiger partial charge in [-0.2, -0.15) is 13.9 Å². The van der Waals surface area contributed by atoms with E-state index in [1.54, 1.807) is 6.92 Å². The van der Waals surface area contributed by atoms with E-state index in [9.17, 15) is 17.2 Å². The van der Waals surface area contributed by atoms with Gasteiger partial charge in [0.05, 0.1) is 5.69 Å². The quantitative estimate of drug-likeness (QED) is 0.792. The van der Waals surface area contributed by atoms with Gasteiger partial charge >= 0.3 is 5.25 Å². The number of alkyl halides is 2. The van der Waals surface area contributed by atoms with Gasteiger partial charge < -0.3 is 4.90 Å². The Morgan fingerprint density at radius 2 is 1.96 bits per heavy atom. The average molecular weight is 349 g/mol. The average Bonchev–Trinajstić information content (AvgIpc) is 2.84. The lowest BCUT2D eigenvalue weighted by Crippen LogP contribution is -2.45. The van der Waals surface area contributed by atoms with Crippen molar-refractivity contribution in [2.45, 2.75) is 49.8 Å². The van der Waals surface area contributed by atoms with E-state index in [2.05, 4.69) is 16.9 Å². The number of nitrogens with zero attached hydrogens (tertiary/aromatic N) is 3. The third-order valence-corrected chi connectivity index (χ3v) is 6.47. The number of halogens is 2. The number of aromatic nitrogens is 2. The number of hydrogen-bond donors (Lipinski definition) is 0. The van der Waals surface area contributed by atoms with Crippen LogP contribution in [0.2, 0.25) is 0 Å². The third kappa shape index (κ3) is 3.57. The highest BCUT2D eigenvalue weighted by Crippen LogP contribution is 2.40. The van der Waals surface area contributed by atoms with E-state index in [0.29, 0.717) is 18.8 Å². The summed E-state index contributed by atoms with van der Waals surface area (Å²) in [5.74, 6) is -1.14. The highest BCUT2D eigenvalue weighted by Gasteiger charge is 2.54. The molecular formula is C15H25F2N3O2S. The second kappa shape index (κ2) is 6.84. The van der Waals surface area contributed by atoms with Gasteiger partial charge in [0.15, 0.2) is 5.03 Å². The summed E-state index contributed by atoms with van der Waals surface area (Å²) in [4.78, 5) is 2.14. The summed E-state index contributed by atoms with van der Waals surface area (Å²) in [6.45, 7) is 5.62. The van der Waals surface area contributed by atoms with Gasteiger partial charge in [-0.25, -0.2) is 8.42 Å². The Labute approximate surface area is 136 Å². The molecule has 1 aliphatic rings. The Morgan fingerprint density at radius 3 is 2.43 bits per heavy atom. The Hall–Kier alpha value is -1.02. The second-order valence-corrected chi connectivity index (χ2v) is 8.25. The standard InChI is InChI=1S/C15H25F2N3O2S/c1-4-5-8-20-9-6-13(7-10-20)15(16,17)23(21,22)14-11-12(2)18-19(14)3/h11,13H,4-10H2,1-3H3. The number of unbranched alkanes of at least 4 members (excludes halogenated alkanes) is 1. The first-order chi connectivity index (χ1) is 10.7. The normalized spacial score (nSPS) is 18.5. The van der Waals surface area contributed by atoms with Gasteiger partial charge in [-0.3, -0.25) is 4.68 Å². The lowest BCUT2D eigenvalue weighted by Gasteiger charge is -2.35. The van der Waals surface area contributed by atoms with Crippen LogP contribution in [0, 0.1) is 12.8 Å². The molecule has 132 valence electrons. The summed E-state index contributed by atoms with van der Waals surface area (Å²) < 4.78 is 55.2. The van der Waals surface area contributed by atoms with Crippen LogP contribution in [0.15, 0.2) is 11.1 Å². The lowest BCUT2D eigenvalue weighted by atomic mass is 9.97. The molecular weight excluding hydrogens is 324 g/mol. The second-order valence-electron chi connectivity index (χ2n) is 6.28. The van der Waals surface area contributed by atoms with Crippen LogP contribution in [-0.4, -0.2) is 48.0 Å². The van der Waals surface area contributed by atoms with Crippen molar-refractivity contribution in [3.05, 3.63) is 11.8 Å². The largest absolute Gasteiger partial charge is 0.354 e. The van der Waals surface area contributed by atoms with Crippen molar-refractivity contribution in [2.75, 3.05) is 19.6 Å². The first-order valence-electron chi connectivity index (χ1n) is 8.05. The maximum Gasteiger partial charge on any atom is 0.354 e. The van der Waals surface area contributed by atoms with Crippen molar-refractivity contribution in [3.63, 3.8) is 0 Å². The van der Waals surface area contributed by atoms with Crippen LogP contribution >= 0.6 is 0 Å². The van der Waals surface area contributed by atoms with Crippen LogP contribution in [0.5, 0.6) is 0 Å². The van der Waals surface area contributed by atoms with Crippen LogP contribution in [0.3, 0.4) is 0 Å². The SMILES string of the molecule is CCCCN1CCC(C(F)(F)S(=O)(=O)c2cc(C)nn2C)CC1. The van der Waals surface area contributed by atoms with Crippen LogP contribution in [0.25, 0.3) is 0 Å². The minimum atomic E-state index is -4.73. The topological polar surface area (TPSA) is 55.2 Å². The molecule has 2 rings (SSSR count). The highest BCUT2D eigenvalue weighted by atomic mass is 32.2. The van der Waals surface area contributed by atoms with Crippen LogP contribution in [0.1, 0.15) is 38.3 Å². The van der Waals surface area contributed by atoms with Crippen molar-refractivity contribution in [2.24, 2.45) is 13.0 Å². The molecule has 0 saturated carbocycles. The Balaban J connectivity index is 2.14. The van der Waals surface area contributed by atoms with E-state index < -0.39 is 26.0 Å². The molecule has 1 saturated heterocycles. The molecule has 0 unspecified atom stereocenters. The smallest absolute Gasteiger partial charge is 0.303 e. The summed E-state index contributed by atoms with van der Waals surface area (Å²) in [5.41, 5.74) is 0.413. The first kappa shape index (κ1) is 18.3. The van der Waals surface area contributed by atoms with E-state index in [1.165, 1.54) is 13.1 Å². The minimum absolute atomic E-state index is 0.201. The van der Waals surface area contributed by atoms with Crippen LogP contribution in [-0.2, 0) is 16.9 Å². The zero-order valence-electron chi connectivity index (χ0n) is 13.9. The molecule has 0 spiro atoms. The Kier molecular flexibility index (Phi) is 5.45. The van der Waals surface area contributed by atoms with Gasteiger partial charge in [0, 0.05) is 13.0 Å². The molecule has 1 aliphatic heterocycles. The molecule has 0 radical (unpaired) electrons. The zero-order valence-corrected chi connectivity index (χ0v) is 14.7. The fourth-order valence-corrected chi connectivity index (χ4v) is 4.74. The maximum atomic E-state index is 14.7. The van der Waals surface area contributed by atoms with Crippen LogP contribution in [0.4, 0.5) is 8.78 Å². The predicted molar refractivity (Wildman–Crippen MR) is 84.1 cm³/mol. The van der Waals surface area contributed by atoms with E-state index in [-0.39, 0.29) is 12.8 Å². The Bertz CT molecular complexity index is 635. The van der Waals surface area contributed by atoms with Gasteiger partial charge in [0.1, 0.15) is 0 Å². The lowest BCUT2D eigenvalue weighted by molar-refractivity contribution is -0.00593.